The molecule has 24 heavy (non-hydrogen) atoms. The summed E-state index contributed by atoms with van der Waals surface area (Å²) < 4.78 is 0. The van der Waals surface area contributed by atoms with E-state index in [-0.39, 0.29) is 5.92 Å². The first kappa shape index (κ1) is 17.2. The van der Waals surface area contributed by atoms with Crippen LogP contribution in [0.25, 0.3) is 0 Å². The van der Waals surface area contributed by atoms with Gasteiger partial charge in [-0.05, 0) is 43.5 Å². The smallest absolute Gasteiger partial charge is 0.0974 e. The molecule has 2 heteroatoms. The van der Waals surface area contributed by atoms with E-state index < -0.39 is 5.60 Å². The predicted molar refractivity (Wildman–Crippen MR) is 100 cm³/mol. The quantitative estimate of drug-likeness (QED) is 0.843. The Kier molecular flexibility index (Phi) is 5.70. The summed E-state index contributed by atoms with van der Waals surface area (Å²) in [5.41, 5.74) is 1.43. The van der Waals surface area contributed by atoms with Gasteiger partial charge in [0.05, 0.1) is 5.60 Å². The van der Waals surface area contributed by atoms with Crippen LogP contribution in [-0.2, 0) is 5.60 Å². The Morgan fingerprint density at radius 1 is 0.917 bits per heavy atom. The van der Waals surface area contributed by atoms with Crippen LogP contribution in [0.4, 0.5) is 0 Å². The molecule has 0 aliphatic carbocycles. The summed E-state index contributed by atoms with van der Waals surface area (Å²) in [5.74, 6) is 0.0872. The van der Waals surface area contributed by atoms with Crippen LogP contribution < -0.4 is 0 Å². The molecule has 0 saturated carbocycles. The molecule has 0 aromatic heterocycles. The maximum atomic E-state index is 11.7. The van der Waals surface area contributed by atoms with Crippen LogP contribution in [0.1, 0.15) is 49.7 Å². The maximum absolute atomic E-state index is 11.7. The van der Waals surface area contributed by atoms with Crippen molar-refractivity contribution in [1.82, 2.24) is 4.90 Å². The molecule has 1 saturated heterocycles. The average Bonchev–Trinajstić information content (AvgIpc) is 2.68. The van der Waals surface area contributed by atoms with Crippen molar-refractivity contribution in [2.75, 3.05) is 19.6 Å². The summed E-state index contributed by atoms with van der Waals surface area (Å²) in [6.45, 7) is 5.32. The zero-order chi connectivity index (χ0) is 16.8. The van der Waals surface area contributed by atoms with Gasteiger partial charge < -0.3 is 10.0 Å². The van der Waals surface area contributed by atoms with Crippen molar-refractivity contribution in [3.05, 3.63) is 71.8 Å². The van der Waals surface area contributed by atoms with E-state index in [0.717, 1.165) is 25.2 Å². The number of benzene rings is 2. The summed E-state index contributed by atoms with van der Waals surface area (Å²) in [4.78, 5) is 2.53. The molecule has 1 aliphatic heterocycles. The Hall–Kier alpha value is -1.64. The topological polar surface area (TPSA) is 23.5 Å². The molecule has 2 nitrogen and oxygen atoms in total. The molecule has 1 heterocycles. The number of piperidine rings is 1. The SMILES string of the molecule is CC[C@@](O)(c1ccccc1)[C@H](CN1CCCCC1)c1ccccc1. The largest absolute Gasteiger partial charge is 0.384 e. The first-order valence-corrected chi connectivity index (χ1v) is 9.29. The molecule has 1 N–H and O–H groups in total. The Morgan fingerprint density at radius 2 is 1.50 bits per heavy atom. The van der Waals surface area contributed by atoms with E-state index in [1.807, 2.05) is 18.2 Å². The highest BCUT2D eigenvalue weighted by Gasteiger charge is 2.38. The van der Waals surface area contributed by atoms with Crippen molar-refractivity contribution in [3.8, 4) is 0 Å². The standard InChI is InChI=1S/C22H29NO/c1-2-22(24,20-14-8-4-9-15-20)21(19-12-6-3-7-13-19)18-23-16-10-5-11-17-23/h3-4,6-9,12-15,21,24H,2,5,10-11,16-18H2,1H3/t21-,22-/m1/s1. The molecule has 2 atom stereocenters. The van der Waals surface area contributed by atoms with Crippen molar-refractivity contribution in [2.24, 2.45) is 0 Å². The molecule has 2 aromatic carbocycles. The minimum absolute atomic E-state index is 0.0872. The Labute approximate surface area is 146 Å². The summed E-state index contributed by atoms with van der Waals surface area (Å²) in [6, 6.07) is 20.7. The van der Waals surface area contributed by atoms with E-state index in [4.69, 9.17) is 0 Å². The lowest BCUT2D eigenvalue weighted by molar-refractivity contribution is -0.0104. The monoisotopic (exact) mass is 323 g/mol. The van der Waals surface area contributed by atoms with Gasteiger partial charge in [0.15, 0.2) is 0 Å². The fourth-order valence-corrected chi connectivity index (χ4v) is 4.00. The van der Waals surface area contributed by atoms with Gasteiger partial charge in [-0.3, -0.25) is 0 Å². The third-order valence-electron chi connectivity index (χ3n) is 5.48. The number of likely N-dealkylation sites (tertiary alicyclic amines) is 1. The van der Waals surface area contributed by atoms with E-state index in [9.17, 15) is 5.11 Å². The highest BCUT2D eigenvalue weighted by atomic mass is 16.3. The van der Waals surface area contributed by atoms with E-state index in [1.54, 1.807) is 0 Å². The highest BCUT2D eigenvalue weighted by Crippen LogP contribution is 2.40. The molecule has 2 aromatic rings. The lowest BCUT2D eigenvalue weighted by Gasteiger charge is -2.40. The first-order valence-electron chi connectivity index (χ1n) is 9.29. The molecule has 0 amide bonds. The number of hydrogen-bond donors (Lipinski definition) is 1. The lowest BCUT2D eigenvalue weighted by Crippen LogP contribution is -2.42. The van der Waals surface area contributed by atoms with Crippen LogP contribution in [0.15, 0.2) is 60.7 Å². The van der Waals surface area contributed by atoms with Gasteiger partial charge in [-0.15, -0.1) is 0 Å². The number of aliphatic hydroxyl groups is 1. The van der Waals surface area contributed by atoms with E-state index in [1.165, 1.54) is 24.8 Å². The van der Waals surface area contributed by atoms with E-state index in [0.29, 0.717) is 6.42 Å². The van der Waals surface area contributed by atoms with Gasteiger partial charge in [0.25, 0.3) is 0 Å². The van der Waals surface area contributed by atoms with Crippen LogP contribution in [0.3, 0.4) is 0 Å². The normalized spacial score (nSPS) is 19.6. The summed E-state index contributed by atoms with van der Waals surface area (Å²) in [7, 11) is 0. The van der Waals surface area contributed by atoms with Gasteiger partial charge in [-0.1, -0.05) is 74.0 Å². The molecule has 0 spiro atoms. The van der Waals surface area contributed by atoms with Gasteiger partial charge in [-0.2, -0.15) is 0 Å². The Bertz CT molecular complexity index is 606. The number of hydrogen-bond acceptors (Lipinski definition) is 2. The molecule has 0 bridgehead atoms. The van der Waals surface area contributed by atoms with Gasteiger partial charge in [-0.25, -0.2) is 0 Å². The van der Waals surface area contributed by atoms with Crippen molar-refractivity contribution >= 4 is 0 Å². The molecule has 128 valence electrons. The fraction of sp³-hybridized carbons (Fsp3) is 0.455. The maximum Gasteiger partial charge on any atom is 0.0974 e. The minimum atomic E-state index is -0.833. The van der Waals surface area contributed by atoms with Crippen LogP contribution in [-0.4, -0.2) is 29.6 Å². The molecule has 0 unspecified atom stereocenters. The second kappa shape index (κ2) is 7.96. The summed E-state index contributed by atoms with van der Waals surface area (Å²) in [5, 5.41) is 11.7. The molecule has 1 aliphatic rings. The lowest BCUT2D eigenvalue weighted by atomic mass is 9.75. The zero-order valence-electron chi connectivity index (χ0n) is 14.7. The average molecular weight is 323 g/mol. The van der Waals surface area contributed by atoms with Crippen molar-refractivity contribution in [3.63, 3.8) is 0 Å². The van der Waals surface area contributed by atoms with E-state index >= 15 is 0 Å². The van der Waals surface area contributed by atoms with Crippen molar-refractivity contribution in [2.45, 2.75) is 44.1 Å². The van der Waals surface area contributed by atoms with Crippen molar-refractivity contribution < 1.29 is 5.11 Å². The molecule has 3 rings (SSSR count). The first-order chi connectivity index (χ1) is 11.7. The van der Waals surface area contributed by atoms with Gasteiger partial charge in [0.2, 0.25) is 0 Å². The zero-order valence-corrected chi connectivity index (χ0v) is 14.7. The van der Waals surface area contributed by atoms with Crippen LogP contribution in [0, 0.1) is 0 Å². The second-order valence-corrected chi connectivity index (χ2v) is 6.97. The predicted octanol–water partition coefficient (Wildman–Crippen LogP) is 4.55. The third-order valence-corrected chi connectivity index (χ3v) is 5.48. The molecule has 1 fully saturated rings. The Morgan fingerprint density at radius 3 is 2.08 bits per heavy atom. The highest BCUT2D eigenvalue weighted by molar-refractivity contribution is 5.31. The third kappa shape index (κ3) is 3.71. The number of rotatable bonds is 6. The van der Waals surface area contributed by atoms with Gasteiger partial charge in [0.1, 0.15) is 0 Å². The summed E-state index contributed by atoms with van der Waals surface area (Å²) in [6.07, 6.45) is 4.60. The van der Waals surface area contributed by atoms with Gasteiger partial charge >= 0.3 is 0 Å². The van der Waals surface area contributed by atoms with Crippen LogP contribution >= 0.6 is 0 Å². The van der Waals surface area contributed by atoms with Crippen LogP contribution in [0.2, 0.25) is 0 Å². The van der Waals surface area contributed by atoms with Gasteiger partial charge in [0, 0.05) is 12.5 Å². The van der Waals surface area contributed by atoms with Crippen LogP contribution in [0.5, 0.6) is 0 Å². The fourth-order valence-electron chi connectivity index (χ4n) is 4.00. The summed E-state index contributed by atoms with van der Waals surface area (Å²) >= 11 is 0. The molecular formula is C22H29NO. The minimum Gasteiger partial charge on any atom is -0.384 e. The van der Waals surface area contributed by atoms with Crippen molar-refractivity contribution in [1.29, 1.82) is 0 Å². The molecular weight excluding hydrogens is 294 g/mol. The van der Waals surface area contributed by atoms with E-state index in [2.05, 4.69) is 54.3 Å². The second-order valence-electron chi connectivity index (χ2n) is 6.97. The number of nitrogens with zero attached hydrogens (tertiary/aromatic N) is 1. The Balaban J connectivity index is 1.95. The molecule has 0 radical (unpaired) electrons.